The topological polar surface area (TPSA) is 129 Å². The molecule has 0 aliphatic carbocycles. The monoisotopic (exact) mass is 351 g/mol. The second-order valence-electron chi connectivity index (χ2n) is 5.44. The molecule has 0 aliphatic rings. The van der Waals surface area contributed by atoms with Crippen molar-refractivity contribution in [3.63, 3.8) is 0 Å². The highest BCUT2D eigenvalue weighted by atomic mass is 16.5. The van der Waals surface area contributed by atoms with Crippen LogP contribution in [-0.4, -0.2) is 32.5 Å². The standard InChI is InChI=1S/C17H13N5O4/c1-25-11-4-2-3-10(7-11)22-16-13(20-17(22)24)12(14(18)23)19-15(21-16)9-5-6-26-8-9/h2-8H,1H3,(H2,18,23)(H,20,24). The van der Waals surface area contributed by atoms with Gasteiger partial charge in [-0.25, -0.2) is 19.3 Å². The first-order chi connectivity index (χ1) is 12.6. The molecule has 0 unspecified atom stereocenters. The van der Waals surface area contributed by atoms with Crippen LogP contribution in [0.3, 0.4) is 0 Å². The number of aromatic amines is 1. The van der Waals surface area contributed by atoms with Gasteiger partial charge in [0.2, 0.25) is 0 Å². The van der Waals surface area contributed by atoms with E-state index in [1.165, 1.54) is 24.2 Å². The number of ether oxygens (including phenoxy) is 1. The summed E-state index contributed by atoms with van der Waals surface area (Å²) in [6.45, 7) is 0. The maximum atomic E-state index is 12.5. The molecule has 4 aromatic rings. The maximum absolute atomic E-state index is 12.5. The van der Waals surface area contributed by atoms with Crippen LogP contribution in [0.5, 0.6) is 5.75 Å². The number of furan rings is 1. The number of nitrogens with zero attached hydrogens (tertiary/aromatic N) is 3. The second kappa shape index (κ2) is 5.88. The van der Waals surface area contributed by atoms with E-state index in [0.29, 0.717) is 17.0 Å². The zero-order valence-electron chi connectivity index (χ0n) is 13.6. The molecule has 0 saturated carbocycles. The fraction of sp³-hybridized carbons (Fsp3) is 0.0588. The summed E-state index contributed by atoms with van der Waals surface area (Å²) >= 11 is 0. The van der Waals surface area contributed by atoms with Crippen molar-refractivity contribution in [2.45, 2.75) is 0 Å². The van der Waals surface area contributed by atoms with E-state index in [9.17, 15) is 9.59 Å². The van der Waals surface area contributed by atoms with E-state index in [4.69, 9.17) is 14.9 Å². The van der Waals surface area contributed by atoms with Gasteiger partial charge in [-0.05, 0) is 18.2 Å². The lowest BCUT2D eigenvalue weighted by atomic mass is 10.2. The smallest absolute Gasteiger partial charge is 0.332 e. The number of methoxy groups -OCH3 is 1. The normalized spacial score (nSPS) is 11.0. The number of nitrogens with two attached hydrogens (primary N) is 1. The second-order valence-corrected chi connectivity index (χ2v) is 5.44. The number of rotatable bonds is 4. The van der Waals surface area contributed by atoms with Crippen molar-refractivity contribution in [2.24, 2.45) is 5.73 Å². The Balaban J connectivity index is 2.06. The summed E-state index contributed by atoms with van der Waals surface area (Å²) in [4.78, 5) is 35.6. The highest BCUT2D eigenvalue weighted by molar-refractivity contribution is 6.02. The van der Waals surface area contributed by atoms with Gasteiger partial charge in [0.1, 0.15) is 17.5 Å². The summed E-state index contributed by atoms with van der Waals surface area (Å²) < 4.78 is 11.6. The van der Waals surface area contributed by atoms with Crippen LogP contribution in [0.4, 0.5) is 0 Å². The Morgan fingerprint density at radius 1 is 1.31 bits per heavy atom. The van der Waals surface area contributed by atoms with Crippen molar-refractivity contribution in [2.75, 3.05) is 7.11 Å². The number of hydrogen-bond acceptors (Lipinski definition) is 6. The number of carbonyl (C=O) groups excluding carboxylic acids is 1. The molecule has 0 aliphatic heterocycles. The predicted molar refractivity (Wildman–Crippen MR) is 92.3 cm³/mol. The number of carbonyl (C=O) groups is 1. The van der Waals surface area contributed by atoms with E-state index >= 15 is 0 Å². The molecule has 9 nitrogen and oxygen atoms in total. The first-order valence-corrected chi connectivity index (χ1v) is 7.58. The number of imidazole rings is 1. The van der Waals surface area contributed by atoms with E-state index in [0.717, 1.165) is 0 Å². The van der Waals surface area contributed by atoms with E-state index in [1.807, 2.05) is 0 Å². The molecule has 0 radical (unpaired) electrons. The Morgan fingerprint density at radius 3 is 2.85 bits per heavy atom. The van der Waals surface area contributed by atoms with Gasteiger partial charge in [-0.15, -0.1) is 0 Å². The molecule has 0 saturated heterocycles. The van der Waals surface area contributed by atoms with E-state index < -0.39 is 11.6 Å². The van der Waals surface area contributed by atoms with Crippen molar-refractivity contribution in [3.8, 4) is 22.8 Å². The van der Waals surface area contributed by atoms with E-state index in [2.05, 4.69) is 15.0 Å². The molecular formula is C17H13N5O4. The zero-order chi connectivity index (χ0) is 18.3. The molecule has 4 rings (SSSR count). The molecule has 1 amide bonds. The minimum atomic E-state index is -0.777. The van der Waals surface area contributed by atoms with Gasteiger partial charge < -0.3 is 19.9 Å². The predicted octanol–water partition coefficient (Wildman–Crippen LogP) is 1.48. The molecule has 0 bridgehead atoms. The fourth-order valence-corrected chi connectivity index (χ4v) is 2.67. The highest BCUT2D eigenvalue weighted by Crippen LogP contribution is 2.23. The van der Waals surface area contributed by atoms with Crippen LogP contribution in [0.15, 0.2) is 52.1 Å². The number of H-pyrrole nitrogens is 1. The summed E-state index contributed by atoms with van der Waals surface area (Å²) in [5.74, 6) is 0.0138. The molecule has 0 spiro atoms. The van der Waals surface area contributed by atoms with Crippen LogP contribution in [0.1, 0.15) is 10.5 Å². The minimum Gasteiger partial charge on any atom is -0.497 e. The molecule has 3 heterocycles. The number of fused-ring (bicyclic) bond motifs is 1. The number of benzene rings is 1. The number of nitrogens with one attached hydrogen (secondary N) is 1. The Labute approximate surface area is 146 Å². The van der Waals surface area contributed by atoms with Crippen LogP contribution in [0.2, 0.25) is 0 Å². The third-order valence-corrected chi connectivity index (χ3v) is 3.86. The van der Waals surface area contributed by atoms with Gasteiger partial charge in [-0.1, -0.05) is 6.07 Å². The molecule has 3 aromatic heterocycles. The molecule has 9 heteroatoms. The van der Waals surface area contributed by atoms with Gasteiger partial charge in [-0.2, -0.15) is 0 Å². The van der Waals surface area contributed by atoms with Gasteiger partial charge in [0.15, 0.2) is 17.2 Å². The van der Waals surface area contributed by atoms with Gasteiger partial charge in [-0.3, -0.25) is 4.79 Å². The van der Waals surface area contributed by atoms with Crippen LogP contribution < -0.4 is 16.2 Å². The van der Waals surface area contributed by atoms with Crippen molar-refractivity contribution >= 4 is 17.1 Å². The number of aromatic nitrogens is 4. The SMILES string of the molecule is COc1cccc(-n2c(=O)[nH]c3c(C(N)=O)nc(-c4ccoc4)nc32)c1. The Bertz CT molecular complexity index is 1170. The summed E-state index contributed by atoms with van der Waals surface area (Å²) in [6, 6.07) is 8.54. The van der Waals surface area contributed by atoms with Crippen LogP contribution in [0, 0.1) is 0 Å². The van der Waals surface area contributed by atoms with E-state index in [1.54, 1.807) is 30.3 Å². The first-order valence-electron chi connectivity index (χ1n) is 7.58. The van der Waals surface area contributed by atoms with Gasteiger partial charge in [0, 0.05) is 6.07 Å². The highest BCUT2D eigenvalue weighted by Gasteiger charge is 2.20. The molecule has 130 valence electrons. The summed E-state index contributed by atoms with van der Waals surface area (Å²) in [7, 11) is 1.53. The third kappa shape index (κ3) is 2.42. The van der Waals surface area contributed by atoms with Crippen molar-refractivity contribution in [1.82, 2.24) is 19.5 Å². The van der Waals surface area contributed by atoms with Crippen LogP contribution in [0.25, 0.3) is 28.2 Å². The Hall–Kier alpha value is -3.88. The van der Waals surface area contributed by atoms with Crippen LogP contribution >= 0.6 is 0 Å². The first kappa shape index (κ1) is 15.6. The van der Waals surface area contributed by atoms with Gasteiger partial charge in [0.05, 0.1) is 24.6 Å². The number of hydrogen-bond donors (Lipinski definition) is 2. The van der Waals surface area contributed by atoms with Crippen molar-refractivity contribution in [3.05, 3.63) is 59.0 Å². The number of primary amides is 1. The lowest BCUT2D eigenvalue weighted by Crippen LogP contribution is -2.15. The largest absolute Gasteiger partial charge is 0.497 e. The van der Waals surface area contributed by atoms with Gasteiger partial charge >= 0.3 is 5.69 Å². The molecule has 0 atom stereocenters. The lowest BCUT2D eigenvalue weighted by Gasteiger charge is -2.07. The maximum Gasteiger partial charge on any atom is 0.332 e. The fourth-order valence-electron chi connectivity index (χ4n) is 2.67. The summed E-state index contributed by atoms with van der Waals surface area (Å²) in [6.07, 6.45) is 2.89. The molecule has 26 heavy (non-hydrogen) atoms. The molecule has 0 fully saturated rings. The third-order valence-electron chi connectivity index (χ3n) is 3.86. The molecular weight excluding hydrogens is 338 g/mol. The average Bonchev–Trinajstić information content (AvgIpc) is 3.27. The molecule has 3 N–H and O–H groups in total. The van der Waals surface area contributed by atoms with Crippen molar-refractivity contribution < 1.29 is 13.9 Å². The van der Waals surface area contributed by atoms with Crippen LogP contribution in [-0.2, 0) is 0 Å². The summed E-state index contributed by atoms with van der Waals surface area (Å²) in [5.41, 5.74) is 6.35. The minimum absolute atomic E-state index is 0.0788. The van der Waals surface area contributed by atoms with E-state index in [-0.39, 0.29) is 22.7 Å². The zero-order valence-corrected chi connectivity index (χ0v) is 13.6. The Kier molecular flexibility index (Phi) is 3.54. The number of amides is 1. The average molecular weight is 351 g/mol. The quantitative estimate of drug-likeness (QED) is 0.573. The molecule has 1 aromatic carbocycles. The van der Waals surface area contributed by atoms with Gasteiger partial charge in [0.25, 0.3) is 5.91 Å². The summed E-state index contributed by atoms with van der Waals surface area (Å²) in [5, 5.41) is 0. The van der Waals surface area contributed by atoms with Crippen molar-refractivity contribution in [1.29, 1.82) is 0 Å². The Morgan fingerprint density at radius 2 is 2.15 bits per heavy atom. The lowest BCUT2D eigenvalue weighted by molar-refractivity contribution is 0.0997.